The number of aromatic nitrogens is 3. The Morgan fingerprint density at radius 2 is 1.78 bits per heavy atom. The van der Waals surface area contributed by atoms with Crippen LogP contribution in [0, 0.1) is 0 Å². The van der Waals surface area contributed by atoms with E-state index in [1.165, 1.54) is 0 Å². The van der Waals surface area contributed by atoms with E-state index < -0.39 is 25.9 Å². The van der Waals surface area contributed by atoms with Gasteiger partial charge in [-0.2, -0.15) is 5.09 Å². The normalized spacial score (nSPS) is 14.4. The third-order valence-electron chi connectivity index (χ3n) is 7.28. The molecule has 2 aromatic heterocycles. The van der Waals surface area contributed by atoms with Gasteiger partial charge < -0.3 is 24.3 Å². The van der Waals surface area contributed by atoms with Crippen molar-refractivity contribution in [2.75, 3.05) is 18.9 Å². The van der Waals surface area contributed by atoms with Gasteiger partial charge in [0, 0.05) is 12.0 Å². The first kappa shape index (κ1) is 32.4. The van der Waals surface area contributed by atoms with Crippen molar-refractivity contribution in [2.24, 2.45) is 0 Å². The van der Waals surface area contributed by atoms with Crippen LogP contribution in [0.25, 0.3) is 32.7 Å². The average Bonchev–Trinajstić information content (AvgIpc) is 3.38. The minimum atomic E-state index is -4.15. The van der Waals surface area contributed by atoms with E-state index in [2.05, 4.69) is 10.1 Å². The average molecular weight is 634 g/mol. The van der Waals surface area contributed by atoms with Crippen molar-refractivity contribution < 1.29 is 27.9 Å². The Balaban J connectivity index is 1.47. The minimum absolute atomic E-state index is 0.231. The van der Waals surface area contributed by atoms with Gasteiger partial charge in [0.25, 0.3) is 0 Å². The Morgan fingerprint density at radius 3 is 2.56 bits per heavy atom. The monoisotopic (exact) mass is 633 g/mol. The fraction of sp³-hybridized carbons (Fsp3) is 0.364. The minimum Gasteiger partial charge on any atom is -0.465 e. The van der Waals surface area contributed by atoms with Crippen LogP contribution in [0.3, 0.4) is 0 Å². The highest BCUT2D eigenvalue weighted by Gasteiger charge is 2.35. The molecule has 3 N–H and O–H groups in total. The Kier molecular flexibility index (Phi) is 10.4. The molecule has 0 saturated heterocycles. The quantitative estimate of drug-likeness (QED) is 0.0721. The number of unbranched alkanes of at least 4 members (excludes halogenated alkanes) is 1. The van der Waals surface area contributed by atoms with E-state index in [9.17, 15) is 9.36 Å². The zero-order chi connectivity index (χ0) is 32.0. The van der Waals surface area contributed by atoms with Crippen LogP contribution in [-0.4, -0.2) is 45.9 Å². The molecule has 12 heteroatoms. The number of hydrogen-bond donors (Lipinski definition) is 2. The number of hydrogen-bond acceptors (Lipinski definition) is 9. The van der Waals surface area contributed by atoms with Crippen LogP contribution in [0.2, 0.25) is 0 Å². The van der Waals surface area contributed by atoms with Crippen LogP contribution >= 0.6 is 7.75 Å². The topological polar surface area (TPSA) is 140 Å². The van der Waals surface area contributed by atoms with E-state index in [1.807, 2.05) is 73.0 Å². The summed E-state index contributed by atoms with van der Waals surface area (Å²) >= 11 is 0. The lowest BCUT2D eigenvalue weighted by Gasteiger charge is -2.26. The number of benzene rings is 3. The number of nitrogen functional groups attached to an aromatic ring is 1. The maximum Gasteiger partial charge on any atom is 0.459 e. The van der Waals surface area contributed by atoms with Crippen LogP contribution in [0.5, 0.6) is 5.75 Å². The molecule has 0 radical (unpaired) electrons. The first-order valence-electron chi connectivity index (χ1n) is 15.2. The van der Waals surface area contributed by atoms with Crippen LogP contribution < -0.4 is 15.3 Å². The fourth-order valence-electron chi connectivity index (χ4n) is 5.11. The Morgan fingerprint density at radius 1 is 1.02 bits per heavy atom. The molecule has 0 aliphatic rings. The number of nitrogens with two attached hydrogens (primary N) is 1. The van der Waals surface area contributed by atoms with E-state index in [-0.39, 0.29) is 19.8 Å². The first-order valence-corrected chi connectivity index (χ1v) is 16.8. The van der Waals surface area contributed by atoms with Crippen molar-refractivity contribution in [3.05, 3.63) is 72.6 Å². The third kappa shape index (κ3) is 7.62. The van der Waals surface area contributed by atoms with Gasteiger partial charge in [-0.05, 0) is 56.2 Å². The van der Waals surface area contributed by atoms with Gasteiger partial charge in [0.05, 0.1) is 30.3 Å². The van der Waals surface area contributed by atoms with Crippen LogP contribution in [0.15, 0.2) is 66.7 Å². The summed E-state index contributed by atoms with van der Waals surface area (Å²) in [4.78, 5) is 22.1. The molecule has 0 aliphatic carbocycles. The van der Waals surface area contributed by atoms with Gasteiger partial charge in [0.1, 0.15) is 29.7 Å². The SMILES string of the molecule is CCCCOC(=O)[C@H](C)N[P@@](=O)(Oc1ccc2ccccc2c1)O[C@H](C)Cn1c(COCC)nc2c(N)nc3ccccc3c21. The zero-order valence-electron chi connectivity index (χ0n) is 26.1. The van der Waals surface area contributed by atoms with Gasteiger partial charge in [0.2, 0.25) is 0 Å². The molecule has 5 aromatic rings. The van der Waals surface area contributed by atoms with Crippen molar-refractivity contribution in [2.45, 2.75) is 65.8 Å². The molecule has 45 heavy (non-hydrogen) atoms. The standard InChI is InChI=1S/C33H40N5O6P/c1-5-7-18-42-33(39)23(4)37-45(40,44-26-17-16-24-12-8-9-13-25(24)19-26)43-22(3)20-38-29(21-41-6-2)36-30-31(38)27-14-10-11-15-28(27)35-32(30)34/h8-17,19,22-23H,5-7,18,20-21H2,1-4H3,(H2,34,35)(H,37,40)/t22-,23+,45+/m1/s1. The summed E-state index contributed by atoms with van der Waals surface area (Å²) in [5.41, 5.74) is 8.39. The number of esters is 1. The Hall–Kier alpha value is -4.02. The number of carbonyl (C=O) groups excluding carboxylic acids is 1. The van der Waals surface area contributed by atoms with Gasteiger partial charge in [-0.25, -0.2) is 14.5 Å². The molecule has 0 aliphatic heterocycles. The summed E-state index contributed by atoms with van der Waals surface area (Å²) < 4.78 is 39.8. The summed E-state index contributed by atoms with van der Waals surface area (Å²) in [7, 11) is -4.15. The van der Waals surface area contributed by atoms with Crippen LogP contribution in [-0.2, 0) is 36.5 Å². The molecule has 0 unspecified atom stereocenters. The molecule has 238 valence electrons. The maximum absolute atomic E-state index is 14.4. The molecular formula is C33H40N5O6P. The molecule has 2 heterocycles. The van der Waals surface area contributed by atoms with Crippen molar-refractivity contribution in [3.63, 3.8) is 0 Å². The number of nitrogens with one attached hydrogen (secondary N) is 1. The highest BCUT2D eigenvalue weighted by Crippen LogP contribution is 2.47. The van der Waals surface area contributed by atoms with Gasteiger partial charge in [-0.1, -0.05) is 61.9 Å². The molecule has 0 bridgehead atoms. The molecule has 0 amide bonds. The van der Waals surface area contributed by atoms with Crippen molar-refractivity contribution in [1.82, 2.24) is 19.6 Å². The molecule has 0 fully saturated rings. The van der Waals surface area contributed by atoms with Crippen molar-refractivity contribution in [1.29, 1.82) is 0 Å². The molecule has 5 rings (SSSR count). The van der Waals surface area contributed by atoms with Crippen molar-refractivity contribution in [3.8, 4) is 5.75 Å². The van der Waals surface area contributed by atoms with E-state index in [1.54, 1.807) is 26.0 Å². The summed E-state index contributed by atoms with van der Waals surface area (Å²) in [6.45, 7) is 8.50. The van der Waals surface area contributed by atoms with Crippen LogP contribution in [0.4, 0.5) is 5.82 Å². The fourth-order valence-corrected chi connectivity index (χ4v) is 6.77. The van der Waals surface area contributed by atoms with Gasteiger partial charge in [0.15, 0.2) is 5.82 Å². The smallest absolute Gasteiger partial charge is 0.459 e. The summed E-state index contributed by atoms with van der Waals surface area (Å²) in [5.74, 6) is 0.712. The zero-order valence-corrected chi connectivity index (χ0v) is 27.0. The van der Waals surface area contributed by atoms with E-state index >= 15 is 0 Å². The number of nitrogens with zero attached hydrogens (tertiary/aromatic N) is 3. The largest absolute Gasteiger partial charge is 0.465 e. The number of ether oxygens (including phenoxy) is 2. The summed E-state index contributed by atoms with van der Waals surface area (Å²) in [6, 6.07) is 19.9. The number of rotatable bonds is 15. The molecule has 3 aromatic carbocycles. The number of pyridine rings is 1. The first-order chi connectivity index (χ1) is 21.7. The molecule has 0 saturated carbocycles. The van der Waals surface area contributed by atoms with Gasteiger partial charge >= 0.3 is 13.7 Å². The van der Waals surface area contributed by atoms with E-state index in [0.717, 1.165) is 40.0 Å². The second-order valence-electron chi connectivity index (χ2n) is 10.9. The summed E-state index contributed by atoms with van der Waals surface area (Å²) in [6.07, 6.45) is 0.928. The molecule has 11 nitrogen and oxygen atoms in total. The van der Waals surface area contributed by atoms with Crippen molar-refractivity contribution >= 4 is 52.2 Å². The third-order valence-corrected chi connectivity index (χ3v) is 9.07. The highest BCUT2D eigenvalue weighted by atomic mass is 31.2. The number of carbonyl (C=O) groups is 1. The maximum atomic E-state index is 14.4. The lowest BCUT2D eigenvalue weighted by atomic mass is 10.1. The second-order valence-corrected chi connectivity index (χ2v) is 12.5. The molecular weight excluding hydrogens is 593 g/mol. The van der Waals surface area contributed by atoms with E-state index in [4.69, 9.17) is 29.2 Å². The highest BCUT2D eigenvalue weighted by molar-refractivity contribution is 7.52. The van der Waals surface area contributed by atoms with Gasteiger partial charge in [-0.3, -0.25) is 9.32 Å². The number of anilines is 1. The Labute approximate surface area is 262 Å². The van der Waals surface area contributed by atoms with Gasteiger partial charge in [-0.15, -0.1) is 0 Å². The second kappa shape index (κ2) is 14.4. The Bertz CT molecular complexity index is 1840. The number of fused-ring (bicyclic) bond motifs is 4. The van der Waals surface area contributed by atoms with Crippen LogP contribution in [0.1, 0.15) is 46.4 Å². The predicted octanol–water partition coefficient (Wildman–Crippen LogP) is 6.77. The molecule has 0 spiro atoms. The molecule has 3 atom stereocenters. The number of para-hydroxylation sites is 1. The predicted molar refractivity (Wildman–Crippen MR) is 176 cm³/mol. The lowest BCUT2D eigenvalue weighted by molar-refractivity contribution is -0.145. The van der Waals surface area contributed by atoms with E-state index in [0.29, 0.717) is 29.5 Å². The lowest BCUT2D eigenvalue weighted by Crippen LogP contribution is -2.36. The summed E-state index contributed by atoms with van der Waals surface area (Å²) in [5, 5.41) is 5.58. The number of imidazole rings is 1.